The van der Waals surface area contributed by atoms with E-state index in [9.17, 15) is 9.59 Å². The van der Waals surface area contributed by atoms with Crippen molar-refractivity contribution in [3.8, 4) is 0 Å². The van der Waals surface area contributed by atoms with Crippen LogP contribution in [0.3, 0.4) is 0 Å². The lowest BCUT2D eigenvalue weighted by Crippen LogP contribution is -2.40. The lowest BCUT2D eigenvalue weighted by atomic mass is 9.90. The van der Waals surface area contributed by atoms with Gasteiger partial charge in [-0.1, -0.05) is 49.6 Å². The Bertz CT molecular complexity index is 813. The van der Waals surface area contributed by atoms with Crippen molar-refractivity contribution in [1.29, 1.82) is 0 Å². The van der Waals surface area contributed by atoms with E-state index in [2.05, 4.69) is 5.32 Å². The van der Waals surface area contributed by atoms with Crippen LogP contribution in [0, 0.1) is 0 Å². The van der Waals surface area contributed by atoms with E-state index >= 15 is 0 Å². The second-order valence-corrected chi connectivity index (χ2v) is 8.21. The maximum Gasteiger partial charge on any atom is 0.325 e. The van der Waals surface area contributed by atoms with Gasteiger partial charge in [-0.05, 0) is 25.3 Å². The van der Waals surface area contributed by atoms with Crippen LogP contribution in [0.1, 0.15) is 61.2 Å². The number of thiazole rings is 1. The maximum atomic E-state index is 13.0. The number of urea groups is 1. The molecule has 136 valence electrons. The fourth-order valence-electron chi connectivity index (χ4n) is 3.90. The fraction of sp³-hybridized carbons (Fsp3) is 0.450. The van der Waals surface area contributed by atoms with E-state index in [1.807, 2.05) is 35.7 Å². The highest BCUT2D eigenvalue weighted by molar-refractivity contribution is 7.09. The number of rotatable bonds is 4. The number of carbonyl (C=O) groups is 2. The topological polar surface area (TPSA) is 62.3 Å². The molecule has 6 heteroatoms. The first-order valence-electron chi connectivity index (χ1n) is 9.22. The van der Waals surface area contributed by atoms with Crippen LogP contribution in [0.25, 0.3) is 0 Å². The number of nitrogens with one attached hydrogen (secondary N) is 1. The zero-order chi connectivity index (χ0) is 18.1. The molecular formula is C20H23N3O2S. The van der Waals surface area contributed by atoms with Gasteiger partial charge in [0.25, 0.3) is 5.91 Å². The third-order valence-electron chi connectivity index (χ3n) is 5.47. The van der Waals surface area contributed by atoms with Crippen molar-refractivity contribution in [2.45, 2.75) is 57.0 Å². The quantitative estimate of drug-likeness (QED) is 0.823. The van der Waals surface area contributed by atoms with Crippen LogP contribution in [0.5, 0.6) is 0 Å². The molecular weight excluding hydrogens is 346 g/mol. The van der Waals surface area contributed by atoms with E-state index in [-0.39, 0.29) is 18.5 Å². The van der Waals surface area contributed by atoms with Crippen molar-refractivity contribution in [2.24, 2.45) is 0 Å². The number of hydrogen-bond acceptors (Lipinski definition) is 4. The molecule has 1 aliphatic carbocycles. The standard InChI is InChI=1S/C20H23N3O2S/c1-20(15-10-6-3-7-11-15)18(24)23(19(25)22-20)12-16-13-26-17(21-16)14-8-4-2-5-9-14/h3,6-7,10-11,13-14H,2,4-5,8-9,12H2,1H3,(H,22,25). The van der Waals surface area contributed by atoms with Crippen LogP contribution in [0.15, 0.2) is 35.7 Å². The third kappa shape index (κ3) is 3.03. The average Bonchev–Trinajstić information content (AvgIpc) is 3.23. The fourth-order valence-corrected chi connectivity index (χ4v) is 4.88. The molecule has 0 bridgehead atoms. The number of imide groups is 1. The van der Waals surface area contributed by atoms with Crippen LogP contribution < -0.4 is 5.32 Å². The number of carbonyl (C=O) groups excluding carboxylic acids is 2. The van der Waals surface area contributed by atoms with E-state index in [1.165, 1.54) is 37.0 Å². The van der Waals surface area contributed by atoms with E-state index in [0.29, 0.717) is 5.92 Å². The number of nitrogens with zero attached hydrogens (tertiary/aromatic N) is 2. The predicted octanol–water partition coefficient (Wildman–Crippen LogP) is 4.16. The minimum absolute atomic E-state index is 0.221. The molecule has 5 nitrogen and oxygen atoms in total. The van der Waals surface area contributed by atoms with E-state index < -0.39 is 5.54 Å². The van der Waals surface area contributed by atoms with Crippen molar-refractivity contribution < 1.29 is 9.59 Å². The number of hydrogen-bond donors (Lipinski definition) is 1. The Morgan fingerprint density at radius 1 is 1.19 bits per heavy atom. The maximum absolute atomic E-state index is 13.0. The Hall–Kier alpha value is -2.21. The van der Waals surface area contributed by atoms with Gasteiger partial charge in [-0.2, -0.15) is 0 Å². The summed E-state index contributed by atoms with van der Waals surface area (Å²) >= 11 is 1.66. The van der Waals surface area contributed by atoms with Gasteiger partial charge in [0.05, 0.1) is 17.2 Å². The summed E-state index contributed by atoms with van der Waals surface area (Å²) in [4.78, 5) is 31.4. The summed E-state index contributed by atoms with van der Waals surface area (Å²) in [5, 5.41) is 5.99. The molecule has 2 fully saturated rings. The van der Waals surface area contributed by atoms with Crippen molar-refractivity contribution in [1.82, 2.24) is 15.2 Å². The molecule has 0 radical (unpaired) electrons. The Labute approximate surface area is 157 Å². The molecule has 1 N–H and O–H groups in total. The number of amides is 3. The third-order valence-corrected chi connectivity index (χ3v) is 6.53. The van der Waals surface area contributed by atoms with E-state index in [0.717, 1.165) is 16.3 Å². The van der Waals surface area contributed by atoms with Gasteiger partial charge in [-0.3, -0.25) is 9.69 Å². The smallest absolute Gasteiger partial charge is 0.319 e. The van der Waals surface area contributed by atoms with Gasteiger partial charge >= 0.3 is 6.03 Å². The van der Waals surface area contributed by atoms with Crippen LogP contribution >= 0.6 is 11.3 Å². The molecule has 3 amide bonds. The first-order chi connectivity index (χ1) is 12.6. The van der Waals surface area contributed by atoms with Crippen LogP contribution in [-0.4, -0.2) is 21.8 Å². The van der Waals surface area contributed by atoms with Gasteiger partial charge in [0.2, 0.25) is 0 Å². The molecule has 2 heterocycles. The number of benzene rings is 1. The first-order valence-corrected chi connectivity index (χ1v) is 10.1. The molecule has 4 rings (SSSR count). The Kier molecular flexibility index (Phi) is 4.53. The first kappa shape index (κ1) is 17.2. The van der Waals surface area contributed by atoms with Gasteiger partial charge in [-0.15, -0.1) is 11.3 Å². The summed E-state index contributed by atoms with van der Waals surface area (Å²) in [7, 11) is 0. The van der Waals surface area contributed by atoms with Gasteiger partial charge in [0.15, 0.2) is 0 Å². The van der Waals surface area contributed by atoms with Crippen molar-refractivity contribution in [3.05, 3.63) is 52.0 Å². The van der Waals surface area contributed by atoms with E-state index in [1.54, 1.807) is 18.3 Å². The van der Waals surface area contributed by atoms with Crippen molar-refractivity contribution in [2.75, 3.05) is 0 Å². The minimum Gasteiger partial charge on any atom is -0.319 e. The van der Waals surface area contributed by atoms with Gasteiger partial charge < -0.3 is 5.32 Å². The van der Waals surface area contributed by atoms with Crippen molar-refractivity contribution >= 4 is 23.3 Å². The monoisotopic (exact) mass is 369 g/mol. The molecule has 1 aliphatic heterocycles. The van der Waals surface area contributed by atoms with Gasteiger partial charge in [0, 0.05) is 11.3 Å². The Morgan fingerprint density at radius 2 is 1.92 bits per heavy atom. The molecule has 26 heavy (non-hydrogen) atoms. The summed E-state index contributed by atoms with van der Waals surface area (Å²) in [6, 6.07) is 9.03. The summed E-state index contributed by atoms with van der Waals surface area (Å²) in [6.07, 6.45) is 6.24. The Balaban J connectivity index is 1.51. The lowest BCUT2D eigenvalue weighted by Gasteiger charge is -2.22. The van der Waals surface area contributed by atoms with Crippen LogP contribution in [-0.2, 0) is 16.9 Å². The number of aromatic nitrogens is 1. The largest absolute Gasteiger partial charge is 0.325 e. The lowest BCUT2D eigenvalue weighted by molar-refractivity contribution is -0.131. The Morgan fingerprint density at radius 3 is 2.65 bits per heavy atom. The molecule has 1 saturated heterocycles. The van der Waals surface area contributed by atoms with Gasteiger partial charge in [0.1, 0.15) is 5.54 Å². The minimum atomic E-state index is -1.01. The molecule has 1 saturated carbocycles. The highest BCUT2D eigenvalue weighted by Crippen LogP contribution is 2.35. The molecule has 2 aliphatic rings. The van der Waals surface area contributed by atoms with Gasteiger partial charge in [-0.25, -0.2) is 9.78 Å². The molecule has 2 aromatic rings. The summed E-state index contributed by atoms with van der Waals surface area (Å²) in [5.74, 6) is 0.320. The zero-order valence-corrected chi connectivity index (χ0v) is 15.7. The summed E-state index contributed by atoms with van der Waals surface area (Å²) < 4.78 is 0. The second-order valence-electron chi connectivity index (χ2n) is 7.32. The highest BCUT2D eigenvalue weighted by atomic mass is 32.1. The molecule has 1 aromatic heterocycles. The van der Waals surface area contributed by atoms with Crippen LogP contribution in [0.2, 0.25) is 0 Å². The normalized spacial score (nSPS) is 24.1. The van der Waals surface area contributed by atoms with Crippen LogP contribution in [0.4, 0.5) is 4.79 Å². The predicted molar refractivity (Wildman–Crippen MR) is 101 cm³/mol. The SMILES string of the molecule is CC1(c2ccccc2)NC(=O)N(Cc2csc(C3CCCCC3)n2)C1=O. The molecule has 0 spiro atoms. The average molecular weight is 369 g/mol. The summed E-state index contributed by atoms with van der Waals surface area (Å²) in [6.45, 7) is 1.99. The highest BCUT2D eigenvalue weighted by Gasteiger charge is 2.49. The zero-order valence-electron chi connectivity index (χ0n) is 14.9. The molecule has 1 atom stereocenters. The molecule has 1 unspecified atom stereocenters. The summed E-state index contributed by atoms with van der Waals surface area (Å²) in [5.41, 5.74) is 0.582. The van der Waals surface area contributed by atoms with Crippen molar-refractivity contribution in [3.63, 3.8) is 0 Å². The molecule has 1 aromatic carbocycles. The second kappa shape index (κ2) is 6.83. The van der Waals surface area contributed by atoms with E-state index in [4.69, 9.17) is 4.98 Å².